The number of hydrogen-bond acceptors (Lipinski definition) is 3. The standard InChI is InChI=1S/C17H16N4S/c1-11-8-14-15(9-12(11)2)21-16(18-14)19-20-17(21)22-10-13-6-4-3-5-7-13/h3-9H,10H2,1-2H3,(H,18,19). The zero-order chi connectivity index (χ0) is 15.1. The van der Waals surface area contributed by atoms with E-state index < -0.39 is 0 Å². The van der Waals surface area contributed by atoms with Gasteiger partial charge in [0.05, 0.1) is 11.0 Å². The molecule has 2 heterocycles. The number of fused-ring (bicyclic) bond motifs is 3. The highest BCUT2D eigenvalue weighted by Crippen LogP contribution is 2.27. The maximum absolute atomic E-state index is 4.62. The summed E-state index contributed by atoms with van der Waals surface area (Å²) in [4.78, 5) is 4.62. The number of imidazole rings is 1. The van der Waals surface area contributed by atoms with Crippen LogP contribution in [0.3, 0.4) is 0 Å². The normalized spacial score (nSPS) is 11.5. The minimum atomic E-state index is 0.801. The number of nitrogens with zero attached hydrogens (tertiary/aromatic N) is 3. The molecule has 4 rings (SSSR count). The smallest absolute Gasteiger partial charge is 0.231 e. The fourth-order valence-corrected chi connectivity index (χ4v) is 3.48. The maximum Gasteiger partial charge on any atom is 0.231 e. The summed E-state index contributed by atoms with van der Waals surface area (Å²) in [6.07, 6.45) is 0. The van der Waals surface area contributed by atoms with Crippen LogP contribution in [0.5, 0.6) is 0 Å². The highest BCUT2D eigenvalue weighted by Gasteiger charge is 2.13. The number of aromatic nitrogens is 4. The van der Waals surface area contributed by atoms with Crippen LogP contribution in [0.25, 0.3) is 16.8 Å². The van der Waals surface area contributed by atoms with Gasteiger partial charge in [-0.1, -0.05) is 42.1 Å². The van der Waals surface area contributed by atoms with Crippen molar-refractivity contribution in [1.29, 1.82) is 0 Å². The number of H-pyrrole nitrogens is 1. The van der Waals surface area contributed by atoms with E-state index in [0.717, 1.165) is 27.7 Å². The number of thioether (sulfide) groups is 1. The van der Waals surface area contributed by atoms with E-state index in [0.29, 0.717) is 0 Å². The van der Waals surface area contributed by atoms with E-state index in [1.165, 1.54) is 16.7 Å². The van der Waals surface area contributed by atoms with Gasteiger partial charge < -0.3 is 0 Å². The Kier molecular flexibility index (Phi) is 3.15. The molecule has 0 saturated heterocycles. The van der Waals surface area contributed by atoms with Gasteiger partial charge >= 0.3 is 0 Å². The van der Waals surface area contributed by atoms with Crippen molar-refractivity contribution in [3.63, 3.8) is 0 Å². The first kappa shape index (κ1) is 13.4. The molecule has 4 aromatic rings. The van der Waals surface area contributed by atoms with Gasteiger partial charge in [-0.2, -0.15) is 0 Å². The molecular weight excluding hydrogens is 292 g/mol. The SMILES string of the molecule is Cc1cc2nc3[nH]nc(SCc4ccccc4)n3c2cc1C. The first-order chi connectivity index (χ1) is 10.7. The van der Waals surface area contributed by atoms with E-state index in [2.05, 4.69) is 69.8 Å². The average molecular weight is 308 g/mol. The van der Waals surface area contributed by atoms with Crippen molar-refractivity contribution >= 4 is 28.6 Å². The number of nitrogens with one attached hydrogen (secondary N) is 1. The second kappa shape index (κ2) is 5.18. The van der Waals surface area contributed by atoms with Crippen molar-refractivity contribution < 1.29 is 0 Å². The fraction of sp³-hybridized carbons (Fsp3) is 0.176. The van der Waals surface area contributed by atoms with Gasteiger partial charge in [-0.3, -0.25) is 4.40 Å². The third-order valence-corrected chi connectivity index (χ3v) is 4.93. The first-order valence-corrected chi connectivity index (χ1v) is 8.21. The summed E-state index contributed by atoms with van der Waals surface area (Å²) in [5, 5.41) is 8.39. The number of aromatic amines is 1. The van der Waals surface area contributed by atoms with Gasteiger partial charge in [0.15, 0.2) is 5.16 Å². The molecule has 2 aromatic heterocycles. The van der Waals surface area contributed by atoms with Crippen molar-refractivity contribution in [2.45, 2.75) is 24.8 Å². The Hall–Kier alpha value is -2.27. The molecule has 5 heteroatoms. The van der Waals surface area contributed by atoms with Crippen LogP contribution in [0.15, 0.2) is 47.6 Å². The Morgan fingerprint density at radius 3 is 2.68 bits per heavy atom. The quantitative estimate of drug-likeness (QED) is 0.579. The van der Waals surface area contributed by atoms with Gasteiger partial charge in [0.25, 0.3) is 0 Å². The van der Waals surface area contributed by atoms with Crippen LogP contribution in [-0.4, -0.2) is 19.6 Å². The van der Waals surface area contributed by atoms with Crippen molar-refractivity contribution in [2.75, 3.05) is 0 Å². The van der Waals surface area contributed by atoms with Crippen molar-refractivity contribution in [3.8, 4) is 0 Å². The van der Waals surface area contributed by atoms with Crippen molar-refractivity contribution in [3.05, 3.63) is 59.2 Å². The number of aryl methyl sites for hydroxylation is 2. The topological polar surface area (TPSA) is 46.0 Å². The minimum absolute atomic E-state index is 0.801. The molecule has 0 radical (unpaired) electrons. The molecule has 0 bridgehead atoms. The molecule has 0 spiro atoms. The Balaban J connectivity index is 1.76. The molecule has 4 nitrogen and oxygen atoms in total. The third-order valence-electron chi connectivity index (χ3n) is 3.92. The summed E-state index contributed by atoms with van der Waals surface area (Å²) in [5.41, 5.74) is 5.95. The molecule has 2 aromatic carbocycles. The largest absolute Gasteiger partial charge is 0.254 e. The second-order valence-corrected chi connectivity index (χ2v) is 6.42. The molecule has 0 aliphatic heterocycles. The zero-order valence-corrected chi connectivity index (χ0v) is 13.3. The van der Waals surface area contributed by atoms with Crippen LogP contribution < -0.4 is 0 Å². The van der Waals surface area contributed by atoms with Gasteiger partial charge in [-0.25, -0.2) is 10.1 Å². The Bertz CT molecular complexity index is 953. The Labute approximate surface area is 132 Å². The number of rotatable bonds is 3. The highest BCUT2D eigenvalue weighted by molar-refractivity contribution is 7.98. The predicted octanol–water partition coefficient (Wildman–Crippen LogP) is 4.12. The van der Waals surface area contributed by atoms with E-state index in [1.54, 1.807) is 11.8 Å². The molecule has 0 fully saturated rings. The van der Waals surface area contributed by atoms with Crippen LogP contribution in [-0.2, 0) is 5.75 Å². The van der Waals surface area contributed by atoms with Crippen LogP contribution in [0.1, 0.15) is 16.7 Å². The molecule has 110 valence electrons. The second-order valence-electron chi connectivity index (χ2n) is 5.48. The molecule has 22 heavy (non-hydrogen) atoms. The highest BCUT2D eigenvalue weighted by atomic mass is 32.2. The Morgan fingerprint density at radius 2 is 1.86 bits per heavy atom. The third kappa shape index (κ3) is 2.18. The molecule has 0 saturated carbocycles. The lowest BCUT2D eigenvalue weighted by Crippen LogP contribution is -1.88. The zero-order valence-electron chi connectivity index (χ0n) is 12.5. The summed E-state index contributed by atoms with van der Waals surface area (Å²) in [6.45, 7) is 4.25. The van der Waals surface area contributed by atoms with Crippen LogP contribution in [0, 0.1) is 13.8 Å². The van der Waals surface area contributed by atoms with Gasteiger partial charge in [0, 0.05) is 5.75 Å². The van der Waals surface area contributed by atoms with Crippen molar-refractivity contribution in [1.82, 2.24) is 19.6 Å². The Morgan fingerprint density at radius 1 is 1.09 bits per heavy atom. The summed E-state index contributed by atoms with van der Waals surface area (Å²) < 4.78 is 2.11. The molecule has 0 aliphatic carbocycles. The van der Waals surface area contributed by atoms with E-state index in [-0.39, 0.29) is 0 Å². The van der Waals surface area contributed by atoms with Gasteiger partial charge in [0.1, 0.15) is 0 Å². The van der Waals surface area contributed by atoms with E-state index in [9.17, 15) is 0 Å². The lowest BCUT2D eigenvalue weighted by molar-refractivity contribution is 0.940. The van der Waals surface area contributed by atoms with E-state index in [1.807, 2.05) is 6.07 Å². The number of benzene rings is 2. The molecule has 1 N–H and O–H groups in total. The first-order valence-electron chi connectivity index (χ1n) is 7.23. The number of hydrogen-bond donors (Lipinski definition) is 1. The summed E-state index contributed by atoms with van der Waals surface area (Å²) in [7, 11) is 0. The van der Waals surface area contributed by atoms with Crippen molar-refractivity contribution in [2.24, 2.45) is 0 Å². The fourth-order valence-electron chi connectivity index (χ4n) is 2.57. The van der Waals surface area contributed by atoms with Gasteiger partial charge in [0.2, 0.25) is 5.78 Å². The van der Waals surface area contributed by atoms with Gasteiger partial charge in [-0.05, 0) is 42.7 Å². The lowest BCUT2D eigenvalue weighted by Gasteiger charge is -2.02. The molecule has 0 amide bonds. The monoisotopic (exact) mass is 308 g/mol. The van der Waals surface area contributed by atoms with Gasteiger partial charge in [-0.15, -0.1) is 5.10 Å². The minimum Gasteiger partial charge on any atom is -0.254 e. The molecule has 0 unspecified atom stereocenters. The van der Waals surface area contributed by atoms with E-state index in [4.69, 9.17) is 0 Å². The lowest BCUT2D eigenvalue weighted by atomic mass is 10.1. The molecule has 0 aliphatic rings. The van der Waals surface area contributed by atoms with Crippen LogP contribution >= 0.6 is 11.8 Å². The molecule has 0 atom stereocenters. The summed E-state index contributed by atoms with van der Waals surface area (Å²) in [5.74, 6) is 1.70. The summed E-state index contributed by atoms with van der Waals surface area (Å²) in [6, 6.07) is 14.8. The van der Waals surface area contributed by atoms with Crippen LogP contribution in [0.4, 0.5) is 0 Å². The van der Waals surface area contributed by atoms with E-state index >= 15 is 0 Å². The maximum atomic E-state index is 4.62. The molecular formula is C17H16N4S. The summed E-state index contributed by atoms with van der Waals surface area (Å²) >= 11 is 1.72. The van der Waals surface area contributed by atoms with Crippen LogP contribution in [0.2, 0.25) is 0 Å². The average Bonchev–Trinajstić information content (AvgIpc) is 3.07. The predicted molar refractivity (Wildman–Crippen MR) is 90.3 cm³/mol.